The van der Waals surface area contributed by atoms with Crippen LogP contribution in [0, 0.1) is 0 Å². The van der Waals surface area contributed by atoms with Gasteiger partial charge >= 0.3 is 5.97 Å². The first-order valence-electron chi connectivity index (χ1n) is 6.87. The van der Waals surface area contributed by atoms with Crippen LogP contribution in [0.4, 0.5) is 0 Å². The van der Waals surface area contributed by atoms with E-state index in [4.69, 9.17) is 5.11 Å². The Morgan fingerprint density at radius 2 is 1.76 bits per heavy atom. The first-order chi connectivity index (χ1) is 9.60. The average molecular weight is 313 g/mol. The molecule has 0 radical (unpaired) electrons. The molecule has 0 atom stereocenters. The third-order valence-electron chi connectivity index (χ3n) is 4.05. The third kappa shape index (κ3) is 4.54. The van der Waals surface area contributed by atoms with E-state index in [1.165, 1.54) is 24.3 Å². The van der Waals surface area contributed by atoms with Gasteiger partial charge in [-0.1, -0.05) is 6.92 Å². The summed E-state index contributed by atoms with van der Waals surface area (Å²) in [6.45, 7) is 6.64. The van der Waals surface area contributed by atoms with Crippen LogP contribution in [0.15, 0.2) is 29.2 Å². The zero-order chi connectivity index (χ0) is 16.3. The number of sulfone groups is 1. The van der Waals surface area contributed by atoms with E-state index < -0.39 is 15.8 Å². The van der Waals surface area contributed by atoms with Crippen LogP contribution in [0.25, 0.3) is 0 Å². The van der Waals surface area contributed by atoms with Crippen molar-refractivity contribution in [1.29, 1.82) is 0 Å². The zero-order valence-electron chi connectivity index (χ0n) is 13.0. The lowest BCUT2D eigenvalue weighted by Crippen LogP contribution is -2.42. The van der Waals surface area contributed by atoms with Gasteiger partial charge in [-0.2, -0.15) is 0 Å². The molecule has 118 valence electrons. The molecule has 6 heteroatoms. The summed E-state index contributed by atoms with van der Waals surface area (Å²) in [6.07, 6.45) is 0.927. The van der Waals surface area contributed by atoms with Gasteiger partial charge < -0.3 is 10.0 Å². The van der Waals surface area contributed by atoms with Crippen LogP contribution in [-0.4, -0.2) is 49.3 Å². The number of carbonyl (C=O) groups is 1. The summed E-state index contributed by atoms with van der Waals surface area (Å²) in [5, 5.41) is 8.82. The van der Waals surface area contributed by atoms with Gasteiger partial charge in [-0.25, -0.2) is 13.2 Å². The Morgan fingerprint density at radius 3 is 2.19 bits per heavy atom. The number of hydrogen-bond donors (Lipinski definition) is 1. The summed E-state index contributed by atoms with van der Waals surface area (Å²) in [7, 11) is -1.49. The molecule has 0 heterocycles. The van der Waals surface area contributed by atoms with Gasteiger partial charge in [-0.15, -0.1) is 0 Å². The Balaban J connectivity index is 2.80. The topological polar surface area (TPSA) is 74.7 Å². The van der Waals surface area contributed by atoms with Gasteiger partial charge in [0, 0.05) is 12.1 Å². The number of aromatic carboxylic acids is 1. The van der Waals surface area contributed by atoms with Gasteiger partial charge in [0.1, 0.15) is 0 Å². The molecule has 1 aromatic carbocycles. The van der Waals surface area contributed by atoms with E-state index in [2.05, 4.69) is 20.8 Å². The molecule has 0 saturated carbocycles. The van der Waals surface area contributed by atoms with Gasteiger partial charge in [0.2, 0.25) is 0 Å². The van der Waals surface area contributed by atoms with E-state index in [0.29, 0.717) is 6.54 Å². The SMILES string of the molecule is CCC(C)(C)N(C)CCS(=O)(=O)c1ccc(C(=O)O)cc1. The molecule has 1 N–H and O–H groups in total. The van der Waals surface area contributed by atoms with Crippen molar-refractivity contribution in [2.24, 2.45) is 0 Å². The molecule has 0 bridgehead atoms. The van der Waals surface area contributed by atoms with Crippen LogP contribution >= 0.6 is 0 Å². The molecule has 0 aromatic heterocycles. The predicted octanol–water partition coefficient (Wildman–Crippen LogP) is 2.28. The highest BCUT2D eigenvalue weighted by Gasteiger charge is 2.23. The fourth-order valence-electron chi connectivity index (χ4n) is 1.75. The van der Waals surface area contributed by atoms with Crippen LogP contribution in [0.2, 0.25) is 0 Å². The Morgan fingerprint density at radius 1 is 1.24 bits per heavy atom. The van der Waals surface area contributed by atoms with E-state index in [0.717, 1.165) is 6.42 Å². The van der Waals surface area contributed by atoms with Gasteiger partial charge in [-0.3, -0.25) is 0 Å². The number of hydrogen-bond acceptors (Lipinski definition) is 4. The molecule has 0 spiro atoms. The summed E-state index contributed by atoms with van der Waals surface area (Å²) in [5.74, 6) is -1.05. The van der Waals surface area contributed by atoms with E-state index in [1.54, 1.807) is 0 Å². The highest BCUT2D eigenvalue weighted by Crippen LogP contribution is 2.18. The van der Waals surface area contributed by atoms with Gasteiger partial charge in [0.05, 0.1) is 16.2 Å². The second-order valence-electron chi connectivity index (χ2n) is 5.74. The van der Waals surface area contributed by atoms with Crippen LogP contribution in [-0.2, 0) is 9.84 Å². The molecule has 21 heavy (non-hydrogen) atoms. The molecular formula is C15H23NO4S. The van der Waals surface area contributed by atoms with Crippen molar-refractivity contribution in [2.45, 2.75) is 37.6 Å². The van der Waals surface area contributed by atoms with Crippen molar-refractivity contribution in [3.05, 3.63) is 29.8 Å². The van der Waals surface area contributed by atoms with E-state index in [1.807, 2.05) is 11.9 Å². The third-order valence-corrected chi connectivity index (χ3v) is 5.76. The molecule has 0 aliphatic heterocycles. The monoisotopic (exact) mass is 313 g/mol. The van der Waals surface area contributed by atoms with Crippen molar-refractivity contribution in [3.8, 4) is 0 Å². The van der Waals surface area contributed by atoms with Gasteiger partial charge in [0.15, 0.2) is 9.84 Å². The van der Waals surface area contributed by atoms with Crippen LogP contribution in [0.3, 0.4) is 0 Å². The Bertz CT molecular complexity index is 591. The number of carboxylic acid groups (broad SMARTS) is 1. The Labute approximate surface area is 126 Å². The summed E-state index contributed by atoms with van der Waals surface area (Å²) in [5.41, 5.74) is 0.0288. The maximum atomic E-state index is 12.3. The minimum absolute atomic E-state index is 0.0132. The van der Waals surface area contributed by atoms with Gasteiger partial charge in [0.25, 0.3) is 0 Å². The summed E-state index contributed by atoms with van der Waals surface area (Å²) in [4.78, 5) is 13.0. The quantitative estimate of drug-likeness (QED) is 0.836. The van der Waals surface area contributed by atoms with E-state index in [9.17, 15) is 13.2 Å². The van der Waals surface area contributed by atoms with Crippen molar-refractivity contribution in [2.75, 3.05) is 19.3 Å². The predicted molar refractivity (Wildman–Crippen MR) is 82.5 cm³/mol. The molecule has 0 unspecified atom stereocenters. The van der Waals surface area contributed by atoms with Crippen LogP contribution < -0.4 is 0 Å². The van der Waals surface area contributed by atoms with Crippen molar-refractivity contribution < 1.29 is 18.3 Å². The standard InChI is InChI=1S/C15H23NO4S/c1-5-15(2,3)16(4)10-11-21(19,20)13-8-6-12(7-9-13)14(17)18/h6-9H,5,10-11H2,1-4H3,(H,17,18). The smallest absolute Gasteiger partial charge is 0.335 e. The summed E-state index contributed by atoms with van der Waals surface area (Å²) < 4.78 is 24.5. The molecule has 0 amide bonds. The Kier molecular flexibility index (Phi) is 5.53. The maximum absolute atomic E-state index is 12.3. The maximum Gasteiger partial charge on any atom is 0.335 e. The summed E-state index contributed by atoms with van der Waals surface area (Å²) >= 11 is 0. The summed E-state index contributed by atoms with van der Waals surface area (Å²) in [6, 6.07) is 5.33. The Hall–Kier alpha value is -1.40. The molecule has 5 nitrogen and oxygen atoms in total. The number of benzene rings is 1. The second kappa shape index (κ2) is 6.58. The lowest BCUT2D eigenvalue weighted by atomic mass is 10.0. The van der Waals surface area contributed by atoms with Gasteiger partial charge in [-0.05, 0) is 51.6 Å². The highest BCUT2D eigenvalue weighted by molar-refractivity contribution is 7.91. The molecule has 0 fully saturated rings. The minimum Gasteiger partial charge on any atom is -0.478 e. The number of carboxylic acids is 1. The number of nitrogens with zero attached hydrogens (tertiary/aromatic N) is 1. The number of rotatable bonds is 7. The first kappa shape index (κ1) is 17.7. The molecule has 0 aliphatic carbocycles. The van der Waals surface area contributed by atoms with Crippen LogP contribution in [0.5, 0.6) is 0 Å². The molecule has 0 aliphatic rings. The lowest BCUT2D eigenvalue weighted by molar-refractivity contribution is 0.0696. The zero-order valence-corrected chi connectivity index (χ0v) is 13.8. The normalized spacial score (nSPS) is 12.6. The molecular weight excluding hydrogens is 290 g/mol. The van der Waals surface area contributed by atoms with E-state index >= 15 is 0 Å². The van der Waals surface area contributed by atoms with Crippen molar-refractivity contribution in [1.82, 2.24) is 4.90 Å². The minimum atomic E-state index is -3.40. The fourth-order valence-corrected chi connectivity index (χ4v) is 3.05. The van der Waals surface area contributed by atoms with E-state index in [-0.39, 0.29) is 21.8 Å². The molecule has 0 saturated heterocycles. The molecule has 1 aromatic rings. The molecule has 1 rings (SSSR count). The fraction of sp³-hybridized carbons (Fsp3) is 0.533. The lowest BCUT2D eigenvalue weighted by Gasteiger charge is -2.34. The largest absolute Gasteiger partial charge is 0.478 e. The first-order valence-corrected chi connectivity index (χ1v) is 8.53. The van der Waals surface area contributed by atoms with Crippen molar-refractivity contribution >= 4 is 15.8 Å². The van der Waals surface area contributed by atoms with Crippen LogP contribution in [0.1, 0.15) is 37.6 Å². The highest BCUT2D eigenvalue weighted by atomic mass is 32.2. The van der Waals surface area contributed by atoms with Crippen molar-refractivity contribution in [3.63, 3.8) is 0 Å². The second-order valence-corrected chi connectivity index (χ2v) is 7.85. The average Bonchev–Trinajstić information content (AvgIpc) is 2.44.